The summed E-state index contributed by atoms with van der Waals surface area (Å²) in [6.07, 6.45) is 2.85. The van der Waals surface area contributed by atoms with Gasteiger partial charge in [0.1, 0.15) is 10.8 Å². The van der Waals surface area contributed by atoms with Gasteiger partial charge in [0.05, 0.1) is 12.4 Å². The van der Waals surface area contributed by atoms with Crippen molar-refractivity contribution in [2.24, 2.45) is 7.05 Å². The predicted octanol–water partition coefficient (Wildman–Crippen LogP) is -1.01. The summed E-state index contributed by atoms with van der Waals surface area (Å²) in [6.45, 7) is 0. The molecule has 88 valence electrons. The van der Waals surface area contributed by atoms with E-state index >= 15 is 0 Å². The highest BCUT2D eigenvalue weighted by Gasteiger charge is 2.07. The molecule has 0 radical (unpaired) electrons. The second-order valence-electron chi connectivity index (χ2n) is 3.08. The molecule has 0 saturated heterocycles. The number of hydrogen-bond donors (Lipinski definition) is 2. The third kappa shape index (κ3) is 2.50. The van der Waals surface area contributed by atoms with Crippen molar-refractivity contribution in [2.45, 2.75) is 10.2 Å². The van der Waals surface area contributed by atoms with Crippen LogP contribution in [0.3, 0.4) is 0 Å². The molecule has 2 aromatic rings. The van der Waals surface area contributed by atoms with Crippen LogP contribution in [0.2, 0.25) is 0 Å². The quantitative estimate of drug-likeness (QED) is 0.657. The van der Waals surface area contributed by atoms with E-state index in [0.29, 0.717) is 16.0 Å². The maximum absolute atomic E-state index is 11.1. The summed E-state index contributed by atoms with van der Waals surface area (Å²) in [6, 6.07) is 0. The zero-order valence-corrected chi connectivity index (χ0v) is 9.56. The van der Waals surface area contributed by atoms with Gasteiger partial charge in [0.25, 0.3) is 0 Å². The first-order valence-electron chi connectivity index (χ1n) is 4.49. The smallest absolute Gasteiger partial charge is 0.339 e. The lowest BCUT2D eigenvalue weighted by Crippen LogP contribution is -2.33. The van der Waals surface area contributed by atoms with Crippen molar-refractivity contribution in [2.75, 3.05) is 5.73 Å². The Morgan fingerprint density at radius 3 is 2.76 bits per heavy atom. The standard InChI is InChI=1S/C8H8N6O2S/c1-14-8(12-6(15)7(16)13-14)17-5-3-10-4(9)2-11-5/h2-3H,1H3,(H2,9,10)(H,13,16). The van der Waals surface area contributed by atoms with E-state index in [1.165, 1.54) is 17.1 Å². The Morgan fingerprint density at radius 2 is 2.12 bits per heavy atom. The van der Waals surface area contributed by atoms with Gasteiger partial charge in [-0.15, -0.1) is 0 Å². The Bertz CT molecular complexity index is 646. The molecule has 9 heteroatoms. The highest BCUT2D eigenvalue weighted by atomic mass is 32.2. The molecule has 0 atom stereocenters. The molecule has 0 saturated carbocycles. The normalized spacial score (nSPS) is 10.4. The predicted molar refractivity (Wildman–Crippen MR) is 60.7 cm³/mol. The molecule has 17 heavy (non-hydrogen) atoms. The van der Waals surface area contributed by atoms with Gasteiger partial charge in [-0.3, -0.25) is 19.4 Å². The van der Waals surface area contributed by atoms with Crippen molar-refractivity contribution < 1.29 is 0 Å². The van der Waals surface area contributed by atoms with Crippen LogP contribution in [0, 0.1) is 0 Å². The molecule has 0 amide bonds. The van der Waals surface area contributed by atoms with Crippen LogP contribution in [0.5, 0.6) is 0 Å². The summed E-state index contributed by atoms with van der Waals surface area (Å²) in [7, 11) is 1.57. The summed E-state index contributed by atoms with van der Waals surface area (Å²) in [5, 5.41) is 3.17. The zero-order valence-electron chi connectivity index (χ0n) is 8.75. The summed E-state index contributed by atoms with van der Waals surface area (Å²) in [5.74, 6) is 0.303. The average Bonchev–Trinajstić information content (AvgIpc) is 2.29. The number of H-pyrrole nitrogens is 1. The Morgan fingerprint density at radius 1 is 1.35 bits per heavy atom. The highest BCUT2D eigenvalue weighted by Crippen LogP contribution is 2.20. The molecule has 0 aliphatic heterocycles. The largest absolute Gasteiger partial charge is 0.382 e. The van der Waals surface area contributed by atoms with Crippen molar-refractivity contribution in [1.29, 1.82) is 0 Å². The van der Waals surface area contributed by atoms with Crippen molar-refractivity contribution in [3.05, 3.63) is 33.1 Å². The van der Waals surface area contributed by atoms with E-state index in [1.54, 1.807) is 7.05 Å². The number of rotatable bonds is 2. The summed E-state index contributed by atoms with van der Waals surface area (Å²) < 4.78 is 1.34. The molecule has 2 heterocycles. The second kappa shape index (κ2) is 4.37. The monoisotopic (exact) mass is 252 g/mol. The SMILES string of the molecule is Cn1[nH]c(=O)c(=O)nc1Sc1cnc(N)cn1. The Kier molecular flexibility index (Phi) is 2.91. The molecule has 0 spiro atoms. The number of nitrogen functional groups attached to an aromatic ring is 1. The molecule has 0 aliphatic carbocycles. The number of aryl methyl sites for hydroxylation is 1. The minimum atomic E-state index is -0.839. The van der Waals surface area contributed by atoms with E-state index in [2.05, 4.69) is 20.1 Å². The minimum absolute atomic E-state index is 0.303. The molecule has 0 bridgehead atoms. The Balaban J connectivity index is 2.36. The van der Waals surface area contributed by atoms with Gasteiger partial charge < -0.3 is 5.73 Å². The summed E-state index contributed by atoms with van der Waals surface area (Å²) in [5.41, 5.74) is 3.79. The number of aromatic nitrogens is 5. The molecule has 8 nitrogen and oxygen atoms in total. The maximum Gasteiger partial charge on any atom is 0.339 e. The molecule has 0 aromatic carbocycles. The molecule has 0 unspecified atom stereocenters. The van der Waals surface area contributed by atoms with Crippen LogP contribution in [-0.4, -0.2) is 24.7 Å². The number of hydrogen-bond acceptors (Lipinski definition) is 7. The fraction of sp³-hybridized carbons (Fsp3) is 0.125. The molecule has 0 aliphatic rings. The fourth-order valence-corrected chi connectivity index (χ4v) is 1.73. The van der Waals surface area contributed by atoms with Gasteiger partial charge in [-0.1, -0.05) is 0 Å². The number of aromatic amines is 1. The summed E-state index contributed by atoms with van der Waals surface area (Å²) >= 11 is 1.10. The summed E-state index contributed by atoms with van der Waals surface area (Å²) in [4.78, 5) is 33.5. The van der Waals surface area contributed by atoms with Gasteiger partial charge in [-0.05, 0) is 11.8 Å². The number of anilines is 1. The van der Waals surface area contributed by atoms with Gasteiger partial charge >= 0.3 is 11.1 Å². The molecule has 3 N–H and O–H groups in total. The number of nitrogens with one attached hydrogen (secondary N) is 1. The fourth-order valence-electron chi connectivity index (χ4n) is 1.02. The second-order valence-corrected chi connectivity index (χ2v) is 4.07. The Hall–Kier alpha value is -2.16. The van der Waals surface area contributed by atoms with E-state index in [9.17, 15) is 9.59 Å². The first kappa shape index (κ1) is 11.3. The number of nitrogens with zero attached hydrogens (tertiary/aromatic N) is 4. The van der Waals surface area contributed by atoms with Crippen molar-refractivity contribution in [3.8, 4) is 0 Å². The third-order valence-electron chi connectivity index (χ3n) is 1.79. The lowest BCUT2D eigenvalue weighted by Gasteiger charge is -2.04. The van der Waals surface area contributed by atoms with Crippen molar-refractivity contribution in [1.82, 2.24) is 24.7 Å². The van der Waals surface area contributed by atoms with E-state index in [-0.39, 0.29) is 0 Å². The zero-order chi connectivity index (χ0) is 12.4. The molecular weight excluding hydrogens is 244 g/mol. The van der Waals surface area contributed by atoms with Crippen LogP contribution in [0.4, 0.5) is 5.82 Å². The van der Waals surface area contributed by atoms with Crippen molar-refractivity contribution >= 4 is 17.6 Å². The van der Waals surface area contributed by atoms with Crippen LogP contribution in [-0.2, 0) is 7.05 Å². The number of nitrogens with two attached hydrogens (primary N) is 1. The van der Waals surface area contributed by atoms with Gasteiger partial charge in [-0.2, -0.15) is 4.98 Å². The van der Waals surface area contributed by atoms with Crippen LogP contribution >= 0.6 is 11.8 Å². The molecular formula is C8H8N6O2S. The molecule has 0 fully saturated rings. The van der Waals surface area contributed by atoms with Crippen LogP contribution in [0.1, 0.15) is 0 Å². The topological polar surface area (TPSA) is 120 Å². The van der Waals surface area contributed by atoms with Gasteiger partial charge in [0, 0.05) is 7.05 Å². The van der Waals surface area contributed by atoms with Crippen molar-refractivity contribution in [3.63, 3.8) is 0 Å². The van der Waals surface area contributed by atoms with Crippen LogP contribution < -0.4 is 16.9 Å². The first-order chi connectivity index (χ1) is 8.06. The minimum Gasteiger partial charge on any atom is -0.382 e. The van der Waals surface area contributed by atoms with E-state index < -0.39 is 11.1 Å². The molecule has 2 aromatic heterocycles. The van der Waals surface area contributed by atoms with E-state index in [0.717, 1.165) is 11.8 Å². The van der Waals surface area contributed by atoms with E-state index in [1.807, 2.05) is 0 Å². The van der Waals surface area contributed by atoms with E-state index in [4.69, 9.17) is 5.73 Å². The first-order valence-corrected chi connectivity index (χ1v) is 5.30. The third-order valence-corrected chi connectivity index (χ3v) is 2.76. The van der Waals surface area contributed by atoms with Crippen LogP contribution in [0.15, 0.2) is 32.2 Å². The van der Waals surface area contributed by atoms with Gasteiger partial charge in [0.2, 0.25) is 0 Å². The van der Waals surface area contributed by atoms with Crippen LogP contribution in [0.25, 0.3) is 0 Å². The molecule has 2 rings (SSSR count). The maximum atomic E-state index is 11.1. The Labute approximate surface area is 98.9 Å². The lowest BCUT2D eigenvalue weighted by atomic mass is 10.7. The van der Waals surface area contributed by atoms with Gasteiger partial charge in [-0.25, -0.2) is 9.97 Å². The highest BCUT2D eigenvalue weighted by molar-refractivity contribution is 7.99. The average molecular weight is 252 g/mol. The van der Waals surface area contributed by atoms with Gasteiger partial charge in [0.15, 0.2) is 5.16 Å². The lowest BCUT2D eigenvalue weighted by molar-refractivity contribution is 0.596.